The van der Waals surface area contributed by atoms with Crippen molar-refractivity contribution in [3.63, 3.8) is 0 Å². The molecular formula is C11H12N2O3S. The van der Waals surface area contributed by atoms with Crippen molar-refractivity contribution in [1.29, 1.82) is 0 Å². The van der Waals surface area contributed by atoms with E-state index in [1.807, 2.05) is 0 Å². The van der Waals surface area contributed by atoms with E-state index >= 15 is 0 Å². The number of sulfonamides is 1. The Hall–Kier alpha value is -1.92. The summed E-state index contributed by atoms with van der Waals surface area (Å²) < 4.78 is 22.2. The number of rotatable bonds is 4. The average molecular weight is 252 g/mol. The van der Waals surface area contributed by atoms with Crippen LogP contribution in [0.3, 0.4) is 0 Å². The topological polar surface area (TPSA) is 89.3 Å². The first-order chi connectivity index (χ1) is 7.84. The van der Waals surface area contributed by atoms with E-state index in [2.05, 4.69) is 18.5 Å². The molecular weight excluding hydrogens is 240 g/mol. The van der Waals surface area contributed by atoms with Crippen molar-refractivity contribution >= 4 is 21.6 Å². The number of hydrogen-bond donors (Lipinski definition) is 2. The van der Waals surface area contributed by atoms with Crippen molar-refractivity contribution in [2.24, 2.45) is 5.14 Å². The molecule has 3 N–H and O–H groups in total. The summed E-state index contributed by atoms with van der Waals surface area (Å²) in [6.07, 6.45) is 1.30. The van der Waals surface area contributed by atoms with Gasteiger partial charge in [-0.15, -0.1) is 0 Å². The lowest BCUT2D eigenvalue weighted by Gasteiger charge is -2.06. The molecule has 0 aromatic heterocycles. The summed E-state index contributed by atoms with van der Waals surface area (Å²) in [5.41, 5.74) is 0.510. The zero-order valence-corrected chi connectivity index (χ0v) is 9.83. The number of primary sulfonamides is 1. The lowest BCUT2D eigenvalue weighted by molar-refractivity contribution is -0.112. The average Bonchev–Trinajstić information content (AvgIpc) is 2.27. The van der Waals surface area contributed by atoms with Crippen LogP contribution in [0.25, 0.3) is 0 Å². The molecule has 1 aromatic carbocycles. The van der Waals surface area contributed by atoms with Gasteiger partial charge >= 0.3 is 0 Å². The summed E-state index contributed by atoms with van der Waals surface area (Å²) in [5, 5.41) is 7.44. The normalized spacial score (nSPS) is 10.6. The van der Waals surface area contributed by atoms with Gasteiger partial charge in [0.25, 0.3) is 5.91 Å². The summed E-state index contributed by atoms with van der Waals surface area (Å²) in [5.74, 6) is -0.452. The SMILES string of the molecule is C=CC(=C)C(=O)Nc1cccc(S(N)(=O)=O)c1. The summed E-state index contributed by atoms with van der Waals surface area (Å²) in [4.78, 5) is 11.4. The highest BCUT2D eigenvalue weighted by Gasteiger charge is 2.09. The second kappa shape index (κ2) is 4.94. The molecule has 0 bridgehead atoms. The fourth-order valence-corrected chi connectivity index (χ4v) is 1.61. The molecule has 1 rings (SSSR count). The number of hydrogen-bond acceptors (Lipinski definition) is 3. The van der Waals surface area contributed by atoms with Crippen LogP contribution in [0.1, 0.15) is 0 Å². The van der Waals surface area contributed by atoms with Crippen molar-refractivity contribution in [1.82, 2.24) is 0 Å². The minimum atomic E-state index is -3.78. The Morgan fingerprint density at radius 3 is 2.59 bits per heavy atom. The molecule has 5 nitrogen and oxygen atoms in total. The third-order valence-corrected chi connectivity index (χ3v) is 2.87. The molecule has 0 aliphatic heterocycles. The number of carbonyl (C=O) groups is 1. The summed E-state index contributed by atoms with van der Waals surface area (Å²) >= 11 is 0. The predicted molar refractivity (Wildman–Crippen MR) is 65.8 cm³/mol. The van der Waals surface area contributed by atoms with Crippen LogP contribution in [0.4, 0.5) is 5.69 Å². The van der Waals surface area contributed by atoms with E-state index in [1.54, 1.807) is 6.07 Å². The molecule has 0 heterocycles. The number of nitrogens with two attached hydrogens (primary N) is 1. The molecule has 0 aliphatic rings. The summed E-state index contributed by atoms with van der Waals surface area (Å²) in [6, 6.07) is 5.63. The van der Waals surface area contributed by atoms with Crippen molar-refractivity contribution < 1.29 is 13.2 Å². The minimum absolute atomic E-state index is 0.0699. The van der Waals surface area contributed by atoms with Gasteiger partial charge in [0.15, 0.2) is 0 Å². The molecule has 0 atom stereocenters. The molecule has 0 spiro atoms. The number of amides is 1. The molecule has 1 aromatic rings. The van der Waals surface area contributed by atoms with Gasteiger partial charge in [0.1, 0.15) is 0 Å². The van der Waals surface area contributed by atoms with Gasteiger partial charge in [-0.25, -0.2) is 13.6 Å². The number of carbonyl (C=O) groups excluding carboxylic acids is 1. The van der Waals surface area contributed by atoms with Gasteiger partial charge in [0.2, 0.25) is 10.0 Å². The van der Waals surface area contributed by atoms with E-state index in [4.69, 9.17) is 5.14 Å². The Balaban J connectivity index is 2.98. The molecule has 0 fully saturated rings. The largest absolute Gasteiger partial charge is 0.322 e. The lowest BCUT2D eigenvalue weighted by Crippen LogP contribution is -2.15. The van der Waals surface area contributed by atoms with Gasteiger partial charge in [-0.2, -0.15) is 0 Å². The Morgan fingerprint density at radius 2 is 2.06 bits per heavy atom. The molecule has 0 aliphatic carbocycles. The Labute approximate surface area is 99.7 Å². The zero-order chi connectivity index (χ0) is 13.1. The van der Waals surface area contributed by atoms with Crippen LogP contribution >= 0.6 is 0 Å². The second-order valence-corrected chi connectivity index (χ2v) is 4.82. The first-order valence-electron chi connectivity index (χ1n) is 4.60. The van der Waals surface area contributed by atoms with Crippen LogP contribution in [-0.4, -0.2) is 14.3 Å². The highest BCUT2D eigenvalue weighted by Crippen LogP contribution is 2.14. The highest BCUT2D eigenvalue weighted by molar-refractivity contribution is 7.89. The van der Waals surface area contributed by atoms with E-state index in [1.165, 1.54) is 24.3 Å². The smallest absolute Gasteiger partial charge is 0.255 e. The summed E-state index contributed by atoms with van der Waals surface area (Å²) in [6.45, 7) is 6.87. The van der Waals surface area contributed by atoms with Crippen LogP contribution < -0.4 is 10.5 Å². The first kappa shape index (κ1) is 13.1. The van der Waals surface area contributed by atoms with E-state index in [-0.39, 0.29) is 10.5 Å². The van der Waals surface area contributed by atoms with Crippen LogP contribution in [0.15, 0.2) is 54.0 Å². The fourth-order valence-electron chi connectivity index (χ4n) is 1.05. The Morgan fingerprint density at radius 1 is 1.41 bits per heavy atom. The Bertz CT molecular complexity index is 576. The van der Waals surface area contributed by atoms with Crippen LogP contribution in [-0.2, 0) is 14.8 Å². The van der Waals surface area contributed by atoms with Crippen molar-refractivity contribution in [2.75, 3.05) is 5.32 Å². The van der Waals surface area contributed by atoms with E-state index in [0.717, 1.165) is 0 Å². The molecule has 0 radical (unpaired) electrons. The lowest BCUT2D eigenvalue weighted by atomic mass is 10.2. The molecule has 0 unspecified atom stereocenters. The first-order valence-corrected chi connectivity index (χ1v) is 6.15. The van der Waals surface area contributed by atoms with Gasteiger partial charge in [-0.1, -0.05) is 25.3 Å². The predicted octanol–water partition coefficient (Wildman–Crippen LogP) is 1.01. The van der Waals surface area contributed by atoms with Gasteiger partial charge in [0.05, 0.1) is 4.90 Å². The quantitative estimate of drug-likeness (QED) is 0.619. The molecule has 0 saturated heterocycles. The monoisotopic (exact) mass is 252 g/mol. The third kappa shape index (κ3) is 3.54. The molecule has 90 valence electrons. The van der Waals surface area contributed by atoms with Crippen molar-refractivity contribution in [2.45, 2.75) is 4.90 Å². The fraction of sp³-hybridized carbons (Fsp3) is 0. The maximum absolute atomic E-state index is 11.4. The zero-order valence-electron chi connectivity index (χ0n) is 9.01. The van der Waals surface area contributed by atoms with Crippen LogP contribution in [0.5, 0.6) is 0 Å². The molecule has 6 heteroatoms. The third-order valence-electron chi connectivity index (χ3n) is 1.96. The second-order valence-electron chi connectivity index (χ2n) is 3.26. The highest BCUT2D eigenvalue weighted by atomic mass is 32.2. The summed E-state index contributed by atoms with van der Waals surface area (Å²) in [7, 11) is -3.78. The van der Waals surface area contributed by atoms with E-state index in [0.29, 0.717) is 5.69 Å². The van der Waals surface area contributed by atoms with E-state index < -0.39 is 15.9 Å². The maximum Gasteiger partial charge on any atom is 0.255 e. The van der Waals surface area contributed by atoms with Gasteiger partial charge in [-0.05, 0) is 18.2 Å². The molecule has 0 saturated carbocycles. The van der Waals surface area contributed by atoms with Crippen molar-refractivity contribution in [3.8, 4) is 0 Å². The standard InChI is InChI=1S/C11H12N2O3S/c1-3-8(2)11(14)13-9-5-4-6-10(7-9)17(12,15)16/h3-7H,1-2H2,(H,13,14)(H2,12,15,16). The van der Waals surface area contributed by atoms with Gasteiger partial charge in [0, 0.05) is 11.3 Å². The number of nitrogens with one attached hydrogen (secondary N) is 1. The van der Waals surface area contributed by atoms with Crippen LogP contribution in [0.2, 0.25) is 0 Å². The van der Waals surface area contributed by atoms with Gasteiger partial charge < -0.3 is 5.32 Å². The van der Waals surface area contributed by atoms with Crippen LogP contribution in [0, 0.1) is 0 Å². The number of benzene rings is 1. The van der Waals surface area contributed by atoms with Crippen molar-refractivity contribution in [3.05, 3.63) is 49.1 Å². The van der Waals surface area contributed by atoms with E-state index in [9.17, 15) is 13.2 Å². The Kier molecular flexibility index (Phi) is 3.82. The molecule has 17 heavy (non-hydrogen) atoms. The maximum atomic E-state index is 11.4. The molecule has 1 amide bonds. The van der Waals surface area contributed by atoms with Gasteiger partial charge in [-0.3, -0.25) is 4.79 Å². The number of anilines is 1. The minimum Gasteiger partial charge on any atom is -0.322 e.